The Balaban J connectivity index is 0.000000162. The number of H-pyrrole nitrogens is 4. The molecular weight excluding hydrogens is 1800 g/mol. The van der Waals surface area contributed by atoms with E-state index < -0.39 is 108 Å². The number of carboxylic acid groups (broad SMARTS) is 1. The Kier molecular flexibility index (Phi) is 35.1. The summed E-state index contributed by atoms with van der Waals surface area (Å²) in [7, 11) is 2.50. The van der Waals surface area contributed by atoms with Crippen LogP contribution in [0.3, 0.4) is 0 Å². The average Bonchev–Trinajstić information content (AvgIpc) is 1.68. The van der Waals surface area contributed by atoms with Gasteiger partial charge < -0.3 is 104 Å². The molecule has 700 valence electrons. The van der Waals surface area contributed by atoms with Crippen LogP contribution in [-0.4, -0.2) is 203 Å². The topological polar surface area (TPSA) is 566 Å². The van der Waals surface area contributed by atoms with E-state index in [1.807, 2.05) is 24.3 Å². The van der Waals surface area contributed by atoms with E-state index >= 15 is 0 Å². The molecule has 41 heteroatoms. The number of amides is 12. The van der Waals surface area contributed by atoms with Gasteiger partial charge in [0.15, 0.2) is 0 Å². The van der Waals surface area contributed by atoms with E-state index in [0.29, 0.717) is 155 Å². The first-order chi connectivity index (χ1) is 62.3. The monoisotopic (exact) mass is 1900 g/mol. The van der Waals surface area contributed by atoms with Crippen LogP contribution < -0.4 is 70.0 Å². The quantitative estimate of drug-likeness (QED) is 0.0172. The number of aromatic amines is 4. The van der Waals surface area contributed by atoms with Gasteiger partial charge in [-0.05, 0) is 149 Å². The number of ether oxygens (including phenoxy) is 2. The summed E-state index contributed by atoms with van der Waals surface area (Å²) in [6, 6.07) is 23.5. The van der Waals surface area contributed by atoms with Crippen molar-refractivity contribution in [1.82, 2.24) is 78.4 Å². The number of carbonyl (C=O) groups excluding carboxylic acids is 14. The first-order valence-corrected chi connectivity index (χ1v) is 45.0. The molecule has 16 rings (SSSR count). The number of primary amides is 1. The highest BCUT2D eigenvalue weighted by Crippen LogP contribution is 2.38. The molecule has 0 unspecified atom stereocenters. The molecule has 4 saturated carbocycles. The third-order valence-corrected chi connectivity index (χ3v) is 25.4. The van der Waals surface area contributed by atoms with Crippen molar-refractivity contribution in [3.05, 3.63) is 140 Å². The summed E-state index contributed by atoms with van der Waals surface area (Å²) in [6.45, 7) is 2.27. The second kappa shape index (κ2) is 46.2. The van der Waals surface area contributed by atoms with Crippen LogP contribution in [0.5, 0.6) is 0 Å². The minimum absolute atomic E-state index is 0. The Hall–Kier alpha value is -12.0. The van der Waals surface area contributed by atoms with Crippen molar-refractivity contribution in [2.45, 2.75) is 177 Å². The van der Waals surface area contributed by atoms with Crippen molar-refractivity contribution in [2.75, 3.05) is 40.4 Å². The number of nitrogens with one attached hydrogen (secondary N) is 15. The normalized spacial score (nSPS) is 19.4. The van der Waals surface area contributed by atoms with E-state index in [9.17, 15) is 77.2 Å². The molecule has 0 radical (unpaired) electrons. The number of carbonyl (C=O) groups is 15. The zero-order valence-corrected chi connectivity index (χ0v) is 75.7. The summed E-state index contributed by atoms with van der Waals surface area (Å²) < 4.78 is 9.54. The van der Waals surface area contributed by atoms with E-state index in [-0.39, 0.29) is 103 Å². The van der Waals surface area contributed by atoms with E-state index in [0.717, 1.165) is 72.9 Å². The zero-order chi connectivity index (χ0) is 93.1. The predicted octanol–water partition coefficient (Wildman–Crippen LogP) is 7.61. The van der Waals surface area contributed by atoms with Crippen LogP contribution in [0.15, 0.2) is 97.1 Å². The fraction of sp³-hybridized carbons (Fsp3) is 0.467. The lowest BCUT2D eigenvalue weighted by molar-refractivity contribution is -0.146. The number of nitrogens with zero attached hydrogens (tertiary/aromatic N) is 1. The molecule has 8 heterocycles. The second-order valence-electron chi connectivity index (χ2n) is 34.1. The highest BCUT2D eigenvalue weighted by molar-refractivity contribution is 6.36. The van der Waals surface area contributed by atoms with E-state index in [1.165, 1.54) is 14.2 Å². The van der Waals surface area contributed by atoms with Crippen LogP contribution in [0.25, 0.3) is 43.6 Å². The van der Waals surface area contributed by atoms with Gasteiger partial charge in [-0.1, -0.05) is 146 Å². The van der Waals surface area contributed by atoms with Gasteiger partial charge in [0.2, 0.25) is 53.2 Å². The van der Waals surface area contributed by atoms with Gasteiger partial charge in [-0.25, -0.2) is 14.4 Å². The molecule has 12 amide bonds. The average molecular weight is 1910 g/mol. The number of rotatable bonds is 34. The maximum atomic E-state index is 13.1. The van der Waals surface area contributed by atoms with E-state index in [2.05, 4.69) is 84.5 Å². The summed E-state index contributed by atoms with van der Waals surface area (Å²) >= 11 is 24.4. The number of fused-ring (bicyclic) bond motifs is 4. The molecule has 4 aromatic carbocycles. The summed E-state index contributed by atoms with van der Waals surface area (Å²) in [5, 5.41) is 53.3. The Morgan fingerprint density at radius 1 is 0.397 bits per heavy atom. The van der Waals surface area contributed by atoms with Gasteiger partial charge in [-0.3, -0.25) is 57.5 Å². The van der Waals surface area contributed by atoms with Crippen molar-refractivity contribution >= 4 is 191 Å². The Bertz CT molecular complexity index is 5620. The molecule has 0 spiro atoms. The standard InChI is InChI=1S/C23H27ClN4O5.C22H26ClN5O4.C22H24ClN5O3.C14H23N3O4.C9H6ClNO2.ClH/c1-33-23(32)18(11-14-7-8-25-20(14)29)28-21(30)16(9-12-5-6-12)27-22(31)17-10-13-3-2-4-15(24)19(13)26-17;23-14-3-1-2-12-9-17(26-18(12)14)22(32)28-16(8-11-4-5-11)21(31)27-15(19(24)29)10-13-6-7-25-20(13)30;23-16-3-1-2-13-10-18(27-19(13)16)22(31)28-17(8-12-4-5-12)21(30)26-15(11-24)9-14-6-7-25-20(14)29;1-21-14(20)11(7-9-4-5-16-12(9)18)17-13(19)10(15)6-8-2-3-8;10-6-3-1-2-5-4-7(9(12)13)11-8(5)6;/h2-4,10,12,14,16,18,26H,5-9,11H2,1H3,(H,25,29)(H,27,31)(H,28,30);1-3,9,11,13,15-16,26H,4-8,10H2,(H2,24,29)(H,25,30)(H,27,31)(H,28,32);1-3,10,12,14-15,17,27H,4-9H2,(H,25,29)(H,26,30)(H,28,31);8-11H,2-7,15H2,1H3,(H,16,18)(H,17,19);1-4,11H,(H,12,13);1H/t14-,16-,18-;13-,15-,16-;14-,15-,17-;9-,10-,11-;;/m0000../s1. The van der Waals surface area contributed by atoms with Gasteiger partial charge in [0.05, 0.1) is 68.5 Å². The number of aromatic carboxylic acids is 1. The Morgan fingerprint density at radius 2 is 0.679 bits per heavy atom. The first kappa shape index (κ1) is 99.6. The van der Waals surface area contributed by atoms with E-state index in [1.54, 1.807) is 72.8 Å². The van der Waals surface area contributed by atoms with Gasteiger partial charge in [0.1, 0.15) is 65.1 Å². The Labute approximate surface area is 778 Å². The number of halogens is 5. The van der Waals surface area contributed by atoms with Crippen LogP contribution in [0.4, 0.5) is 0 Å². The van der Waals surface area contributed by atoms with Crippen LogP contribution in [0.1, 0.15) is 170 Å². The van der Waals surface area contributed by atoms with Crippen molar-refractivity contribution in [3.63, 3.8) is 0 Å². The molecule has 131 heavy (non-hydrogen) atoms. The third-order valence-electron chi connectivity index (χ3n) is 24.1. The number of methoxy groups -OCH3 is 2. The summed E-state index contributed by atoms with van der Waals surface area (Å²) in [6.07, 6.45) is 13.6. The number of esters is 2. The molecule has 4 aliphatic heterocycles. The van der Waals surface area contributed by atoms with Crippen LogP contribution in [0.2, 0.25) is 20.1 Å². The number of para-hydroxylation sites is 4. The molecule has 4 aromatic heterocycles. The smallest absolute Gasteiger partial charge is 0.352 e. The molecule has 20 N–H and O–H groups in total. The summed E-state index contributed by atoms with van der Waals surface area (Å²) in [5.74, 6) is -6.00. The minimum Gasteiger partial charge on any atom is -0.477 e. The highest BCUT2D eigenvalue weighted by atomic mass is 35.5. The van der Waals surface area contributed by atoms with Crippen LogP contribution in [0, 0.1) is 58.7 Å². The molecule has 0 bridgehead atoms. The van der Waals surface area contributed by atoms with Gasteiger partial charge in [0, 0.05) is 71.4 Å². The largest absolute Gasteiger partial charge is 0.477 e. The van der Waals surface area contributed by atoms with Crippen molar-refractivity contribution in [1.29, 1.82) is 5.26 Å². The van der Waals surface area contributed by atoms with Crippen molar-refractivity contribution in [2.24, 2.45) is 58.8 Å². The van der Waals surface area contributed by atoms with Crippen molar-refractivity contribution in [3.8, 4) is 6.07 Å². The number of nitriles is 1. The van der Waals surface area contributed by atoms with Gasteiger partial charge in [0.25, 0.3) is 17.7 Å². The first-order valence-electron chi connectivity index (χ1n) is 43.5. The highest BCUT2D eigenvalue weighted by Gasteiger charge is 2.41. The van der Waals surface area contributed by atoms with Crippen LogP contribution in [-0.2, 0) is 62.2 Å². The SMILES string of the molecule is COC(=O)[C@H](C[C@@H]1CCNC1=O)NC(=O)[C@@H](N)CC1CC1.COC(=O)[C@H](C[C@@H]1CCNC1=O)NC(=O)[C@H](CC1CC1)NC(=O)c1cc2cccc(Cl)c2[nH]1.Cl.N#C[C@H](C[C@@H]1CCNC1=O)NC(=O)[C@H](CC1CC1)NC(=O)c1cc2cccc(Cl)c2[nH]1.NC(=O)[C@H](C[C@@H]1CCNC1=O)NC(=O)[C@H](CC1CC1)NC(=O)c1cc2cccc(Cl)c2[nH]1.O=C(O)c1cc2cccc(Cl)c2[nH]1. The number of hydrogen-bond acceptors (Lipinski definition) is 19. The minimum atomic E-state index is -0.984. The molecule has 4 aliphatic carbocycles. The number of nitrogens with two attached hydrogens (primary N) is 2. The molecule has 36 nitrogen and oxygen atoms in total. The second-order valence-corrected chi connectivity index (χ2v) is 35.8. The molecule has 8 aromatic rings. The van der Waals surface area contributed by atoms with Crippen LogP contribution >= 0.6 is 58.8 Å². The molecule has 8 fully saturated rings. The zero-order valence-electron chi connectivity index (χ0n) is 71.9. The third kappa shape index (κ3) is 28.0. The summed E-state index contributed by atoms with van der Waals surface area (Å²) in [5.41, 5.74) is 15.0. The number of hydrogen-bond donors (Lipinski definition) is 18. The Morgan fingerprint density at radius 3 is 0.962 bits per heavy atom. The number of benzene rings is 4. The fourth-order valence-corrected chi connectivity index (χ4v) is 17.0. The lowest BCUT2D eigenvalue weighted by Crippen LogP contribution is -2.53. The predicted molar refractivity (Wildman–Crippen MR) is 488 cm³/mol. The molecule has 8 aliphatic rings. The van der Waals surface area contributed by atoms with Gasteiger partial charge >= 0.3 is 17.9 Å². The summed E-state index contributed by atoms with van der Waals surface area (Å²) in [4.78, 5) is 195. The van der Waals surface area contributed by atoms with Gasteiger partial charge in [-0.2, -0.15) is 5.26 Å². The maximum Gasteiger partial charge on any atom is 0.352 e. The molecular formula is C90H107Cl5N18O18. The molecule has 4 saturated heterocycles. The molecule has 12 atom stereocenters. The lowest BCUT2D eigenvalue weighted by Gasteiger charge is -2.23. The van der Waals surface area contributed by atoms with E-state index in [4.69, 9.17) is 72.5 Å². The number of carboxylic acids is 1. The van der Waals surface area contributed by atoms with Gasteiger partial charge in [-0.15, -0.1) is 12.4 Å². The number of aromatic nitrogens is 4. The van der Waals surface area contributed by atoms with Crippen molar-refractivity contribution < 1.29 is 86.5 Å². The maximum absolute atomic E-state index is 13.1. The lowest BCUT2D eigenvalue weighted by atomic mass is 9.97. The fourth-order valence-electron chi connectivity index (χ4n) is 16.1.